The highest BCUT2D eigenvalue weighted by Crippen LogP contribution is 2.10. The molecule has 0 saturated heterocycles. The molecule has 5 atom stereocenters. The van der Waals surface area contributed by atoms with Gasteiger partial charge in [-0.25, -0.2) is 9.59 Å². The third-order valence-corrected chi connectivity index (χ3v) is 7.80. The van der Waals surface area contributed by atoms with Crippen LogP contribution in [0.3, 0.4) is 0 Å². The van der Waals surface area contributed by atoms with E-state index >= 15 is 0 Å². The van der Waals surface area contributed by atoms with Gasteiger partial charge in [-0.05, 0) is 53.9 Å². The quantitative estimate of drug-likeness (QED) is 0.0376. The van der Waals surface area contributed by atoms with E-state index in [0.29, 0.717) is 12.8 Å². The average Bonchev–Trinajstić information content (AvgIpc) is 3.67. The zero-order valence-electron chi connectivity index (χ0n) is 33.7. The highest BCUT2D eigenvalue weighted by atomic mass is 16.6. The van der Waals surface area contributed by atoms with Gasteiger partial charge in [-0.1, -0.05) is 13.8 Å². The van der Waals surface area contributed by atoms with E-state index in [1.54, 1.807) is 34.6 Å². The maximum absolute atomic E-state index is 13.5. The van der Waals surface area contributed by atoms with Crippen LogP contribution in [0.15, 0.2) is 24.3 Å². The molecule has 2 aliphatic rings. The number of carbonyl (C=O) groups is 11. The van der Waals surface area contributed by atoms with E-state index in [9.17, 15) is 52.7 Å². The van der Waals surface area contributed by atoms with Gasteiger partial charge >= 0.3 is 12.2 Å². The number of nitrogens with zero attached hydrogens (tertiary/aromatic N) is 1. The minimum Gasteiger partial charge on any atom is -0.450 e. The summed E-state index contributed by atoms with van der Waals surface area (Å²) >= 11 is 0. The Morgan fingerprint density at radius 2 is 1.12 bits per heavy atom. The second kappa shape index (κ2) is 25.7. The second-order valence-corrected chi connectivity index (χ2v) is 13.2. The van der Waals surface area contributed by atoms with Crippen molar-refractivity contribution in [1.29, 1.82) is 0 Å². The zero-order valence-corrected chi connectivity index (χ0v) is 33.7. The Hall–Kier alpha value is -6.35. The number of hydrogen-bond donors (Lipinski definition) is 8. The van der Waals surface area contributed by atoms with Crippen LogP contribution in [0.5, 0.6) is 0 Å². The van der Waals surface area contributed by atoms with E-state index in [0.717, 1.165) is 17.1 Å². The molecule has 2 rings (SSSR count). The van der Waals surface area contributed by atoms with E-state index in [-0.39, 0.29) is 49.8 Å². The fourth-order valence-corrected chi connectivity index (χ4v) is 5.01. The first kappa shape index (κ1) is 49.7. The normalized spacial score (nSPS) is 15.4. The zero-order chi connectivity index (χ0) is 43.9. The molecule has 0 spiro atoms. The molecular weight excluding hydrogens is 766 g/mol. The molecular formula is C36H55N9O13. The Morgan fingerprint density at radius 1 is 0.621 bits per heavy atom. The van der Waals surface area contributed by atoms with Crippen LogP contribution >= 0.6 is 0 Å². The van der Waals surface area contributed by atoms with Gasteiger partial charge < -0.3 is 46.7 Å². The summed E-state index contributed by atoms with van der Waals surface area (Å²) in [7, 11) is 0. The Labute approximate surface area is 335 Å². The van der Waals surface area contributed by atoms with Gasteiger partial charge in [-0.2, -0.15) is 0 Å². The molecule has 2 aliphatic heterocycles. The third kappa shape index (κ3) is 19.5. The summed E-state index contributed by atoms with van der Waals surface area (Å²) in [5, 5.41) is 19.9. The van der Waals surface area contributed by atoms with Crippen molar-refractivity contribution >= 4 is 65.4 Å². The van der Waals surface area contributed by atoms with Crippen LogP contribution < -0.4 is 42.5 Å². The lowest BCUT2D eigenvalue weighted by atomic mass is 10.1. The number of unbranched alkanes of at least 4 members (excludes halogenated alkanes) is 1. The Kier molecular flexibility index (Phi) is 22.0. The SMILES string of the molecule is CCOC(=O)NCCCCC(NC(=O)OCC)C(=O)NC(CC(=O)NC(C)NC(=O)C(C)C)CC(=O)NC(C)NC(=O)C(C)N1C(=O)C=CC1=O.O=C1C=CC(=O)N1. The fraction of sp³-hybridized carbons (Fsp3) is 0.583. The van der Waals surface area contributed by atoms with Gasteiger partial charge in [0.25, 0.3) is 23.6 Å². The topological polar surface area (TPSA) is 306 Å². The molecule has 0 bridgehead atoms. The van der Waals surface area contributed by atoms with Crippen LogP contribution in [0.25, 0.3) is 0 Å². The van der Waals surface area contributed by atoms with Crippen molar-refractivity contribution in [2.24, 2.45) is 5.92 Å². The van der Waals surface area contributed by atoms with Crippen molar-refractivity contribution in [3.05, 3.63) is 24.3 Å². The van der Waals surface area contributed by atoms with Crippen LogP contribution in [0.1, 0.15) is 80.6 Å². The first-order valence-corrected chi connectivity index (χ1v) is 18.7. The summed E-state index contributed by atoms with van der Waals surface area (Å²) in [4.78, 5) is 133. The molecule has 0 aromatic heterocycles. The number of amides is 11. The van der Waals surface area contributed by atoms with Gasteiger partial charge in [0, 0.05) is 55.7 Å². The van der Waals surface area contributed by atoms with Crippen LogP contribution in [-0.4, -0.2) is 120 Å². The van der Waals surface area contributed by atoms with Crippen molar-refractivity contribution in [2.75, 3.05) is 19.8 Å². The smallest absolute Gasteiger partial charge is 0.407 e. The molecule has 11 amide bonds. The molecule has 5 unspecified atom stereocenters. The maximum Gasteiger partial charge on any atom is 0.407 e. The van der Waals surface area contributed by atoms with Gasteiger partial charge in [-0.15, -0.1) is 0 Å². The average molecular weight is 822 g/mol. The van der Waals surface area contributed by atoms with Gasteiger partial charge in [0.2, 0.25) is 29.5 Å². The minimum atomic E-state index is -1.17. The van der Waals surface area contributed by atoms with Crippen LogP contribution in [0.2, 0.25) is 0 Å². The van der Waals surface area contributed by atoms with Crippen LogP contribution in [0, 0.1) is 5.92 Å². The van der Waals surface area contributed by atoms with E-state index in [1.165, 1.54) is 26.0 Å². The highest BCUT2D eigenvalue weighted by Gasteiger charge is 2.33. The molecule has 0 aromatic rings. The van der Waals surface area contributed by atoms with E-state index in [4.69, 9.17) is 9.47 Å². The molecule has 58 heavy (non-hydrogen) atoms. The number of carbonyl (C=O) groups excluding carboxylic acids is 11. The monoisotopic (exact) mass is 821 g/mol. The van der Waals surface area contributed by atoms with Crippen LogP contribution in [-0.2, 0) is 52.6 Å². The lowest BCUT2D eigenvalue weighted by Gasteiger charge is -2.26. The Morgan fingerprint density at radius 3 is 1.59 bits per heavy atom. The number of hydrogen-bond acceptors (Lipinski definition) is 13. The molecule has 0 radical (unpaired) electrons. The molecule has 8 N–H and O–H groups in total. The summed E-state index contributed by atoms with van der Waals surface area (Å²) in [6, 6.07) is -3.44. The summed E-state index contributed by atoms with van der Waals surface area (Å²) in [6.07, 6.45) is 1.28. The van der Waals surface area contributed by atoms with E-state index in [2.05, 4.69) is 37.2 Å². The number of rotatable bonds is 21. The standard InChI is InChI=1S/C32H52N8O11.C4H3NO2/c1-8-50-31(48)33-15-11-10-12-23(39-32(49)51-9-2)30(47)38-22(16-24(41)34-20(6)36-28(45)18(3)4)17-25(42)35-21(7)37-29(46)19(5)40-26(43)13-14-27(40)44;6-3-1-2-4(7)5-3/h13-14,18-23H,8-12,15-17H2,1-7H3,(H,33,48)(H,34,41)(H,35,42)(H,36,45)(H,37,46)(H,38,47)(H,39,49);1-2H,(H,5,6,7). The lowest BCUT2D eigenvalue weighted by Crippen LogP contribution is -2.55. The Balaban J connectivity index is 0.00000215. The highest BCUT2D eigenvalue weighted by molar-refractivity contribution is 6.15. The second-order valence-electron chi connectivity index (χ2n) is 13.2. The molecule has 22 nitrogen and oxygen atoms in total. The minimum absolute atomic E-state index is 0.0349. The maximum atomic E-state index is 13.5. The van der Waals surface area contributed by atoms with E-state index in [1.807, 2.05) is 5.32 Å². The summed E-state index contributed by atoms with van der Waals surface area (Å²) < 4.78 is 9.73. The number of imide groups is 2. The summed E-state index contributed by atoms with van der Waals surface area (Å²) in [5.41, 5.74) is 0. The van der Waals surface area contributed by atoms with Gasteiger partial charge in [-0.3, -0.25) is 53.4 Å². The van der Waals surface area contributed by atoms with Crippen molar-refractivity contribution in [2.45, 2.75) is 111 Å². The third-order valence-electron chi connectivity index (χ3n) is 7.80. The van der Waals surface area contributed by atoms with Gasteiger partial charge in [0.1, 0.15) is 12.1 Å². The summed E-state index contributed by atoms with van der Waals surface area (Å²) in [6.45, 7) is 11.4. The number of nitrogens with one attached hydrogen (secondary N) is 8. The molecule has 22 heteroatoms. The number of ether oxygens (including phenoxy) is 2. The first-order chi connectivity index (χ1) is 27.3. The molecule has 0 saturated carbocycles. The van der Waals surface area contributed by atoms with E-state index < -0.39 is 90.9 Å². The Bertz CT molecular complexity index is 1560. The largest absolute Gasteiger partial charge is 0.450 e. The van der Waals surface area contributed by atoms with Gasteiger partial charge in [0.15, 0.2) is 0 Å². The predicted molar refractivity (Wildman–Crippen MR) is 203 cm³/mol. The van der Waals surface area contributed by atoms with Crippen molar-refractivity contribution in [3.63, 3.8) is 0 Å². The number of alkyl carbamates (subject to hydrolysis) is 2. The molecule has 0 fully saturated rings. The molecule has 2 heterocycles. The summed E-state index contributed by atoms with van der Waals surface area (Å²) in [5.74, 6) is -5.37. The van der Waals surface area contributed by atoms with Crippen molar-refractivity contribution in [3.8, 4) is 0 Å². The predicted octanol–water partition coefficient (Wildman–Crippen LogP) is -1.39. The molecule has 322 valence electrons. The van der Waals surface area contributed by atoms with Crippen LogP contribution in [0.4, 0.5) is 9.59 Å². The fourth-order valence-electron chi connectivity index (χ4n) is 5.01. The first-order valence-electron chi connectivity index (χ1n) is 18.7. The molecule has 0 aromatic carbocycles. The van der Waals surface area contributed by atoms with Crippen molar-refractivity contribution < 1.29 is 62.2 Å². The van der Waals surface area contributed by atoms with Crippen molar-refractivity contribution in [1.82, 2.24) is 47.4 Å². The lowest BCUT2D eigenvalue weighted by molar-refractivity contribution is -0.145. The van der Waals surface area contributed by atoms with Gasteiger partial charge in [0.05, 0.1) is 25.5 Å². The molecule has 0 aliphatic carbocycles.